The summed E-state index contributed by atoms with van der Waals surface area (Å²) >= 11 is 0. The number of H-pyrrole nitrogens is 1. The van der Waals surface area contributed by atoms with Crippen LogP contribution < -0.4 is 20.7 Å². The van der Waals surface area contributed by atoms with Crippen molar-refractivity contribution in [3.05, 3.63) is 129 Å². The van der Waals surface area contributed by atoms with Gasteiger partial charge in [-0.3, -0.25) is 14.3 Å². The summed E-state index contributed by atoms with van der Waals surface area (Å²) in [6, 6.07) is 28.8. The fourth-order valence-corrected chi connectivity index (χ4v) is 8.86. The highest BCUT2D eigenvalue weighted by Gasteiger charge is 2.65. The van der Waals surface area contributed by atoms with E-state index in [1.54, 1.807) is 14.2 Å². The lowest BCUT2D eigenvalue weighted by molar-refractivity contribution is -0.260. The van der Waals surface area contributed by atoms with Crippen LogP contribution >= 0.6 is 8.53 Å². The van der Waals surface area contributed by atoms with Crippen molar-refractivity contribution in [2.24, 2.45) is 0 Å². The molecule has 2 fully saturated rings. The van der Waals surface area contributed by atoms with Crippen LogP contribution in [0.2, 0.25) is 0 Å². The highest BCUT2D eigenvalue weighted by Crippen LogP contribution is 2.55. The van der Waals surface area contributed by atoms with E-state index in [9.17, 15) is 14.9 Å². The van der Waals surface area contributed by atoms with E-state index in [2.05, 4.69) is 15.7 Å². The molecule has 14 heteroatoms. The maximum Gasteiger partial charge on any atom is 0.330 e. The summed E-state index contributed by atoms with van der Waals surface area (Å²) in [6.07, 6.45) is -1.03. The van der Waals surface area contributed by atoms with Crippen LogP contribution in [0.4, 0.5) is 0 Å². The van der Waals surface area contributed by atoms with Gasteiger partial charge in [0.15, 0.2) is 6.23 Å². The fourth-order valence-electron chi connectivity index (χ4n) is 7.13. The third-order valence-electron chi connectivity index (χ3n) is 9.67. The molecule has 286 valence electrons. The number of nitrogens with one attached hydrogen (secondary N) is 1. The summed E-state index contributed by atoms with van der Waals surface area (Å²) in [6.45, 7) is 8.49. The van der Waals surface area contributed by atoms with Crippen LogP contribution in [-0.4, -0.2) is 78.2 Å². The topological polar surface area (TPSA) is 146 Å². The van der Waals surface area contributed by atoms with Gasteiger partial charge in [-0.1, -0.05) is 54.6 Å². The quantitative estimate of drug-likeness (QED) is 0.0782. The van der Waals surface area contributed by atoms with Gasteiger partial charge in [0.2, 0.25) is 0 Å². The van der Waals surface area contributed by atoms with Crippen molar-refractivity contribution in [3.63, 3.8) is 0 Å². The molecule has 2 aliphatic heterocycles. The van der Waals surface area contributed by atoms with Crippen molar-refractivity contribution in [2.75, 3.05) is 34.0 Å². The second kappa shape index (κ2) is 17.0. The number of ether oxygens (including phenoxy) is 5. The van der Waals surface area contributed by atoms with E-state index in [1.807, 2.05) is 107 Å². The summed E-state index contributed by atoms with van der Waals surface area (Å²) in [5, 5.41) is 9.30. The second-order valence-corrected chi connectivity index (χ2v) is 15.1. The standard InChI is InChI=1S/C40H47N4O9P/c1-27(2)44(28(3)4)54(51-24-10-22-41)53-35-36-39(25-49-36,52-37(35)43-23-21-34(45)42-38(43)46)26-50-40(29-11-8-7-9-12-29,30-13-17-32(47-5)18-14-30)31-15-19-33(48-6)20-16-31/h7-9,11-21,23,27-28,35-37H,10,24-26H2,1-6H3,(H,42,45,46)/t35-,36+,37-,39-,54?/m1/s1. The molecule has 5 atom stereocenters. The van der Waals surface area contributed by atoms with Gasteiger partial charge in [-0.05, 0) is 68.7 Å². The Kier molecular flexibility index (Phi) is 12.4. The van der Waals surface area contributed by atoms with Crippen molar-refractivity contribution in [1.82, 2.24) is 14.2 Å². The zero-order valence-corrected chi connectivity index (χ0v) is 32.2. The number of fused-ring (bicyclic) bond motifs is 1. The van der Waals surface area contributed by atoms with Gasteiger partial charge in [0.05, 0.1) is 46.5 Å². The van der Waals surface area contributed by atoms with E-state index >= 15 is 0 Å². The van der Waals surface area contributed by atoms with Crippen LogP contribution in [-0.2, 0) is 28.9 Å². The first kappa shape index (κ1) is 39.3. The minimum absolute atomic E-state index is 0.0182. The third-order valence-corrected chi connectivity index (χ3v) is 11.8. The summed E-state index contributed by atoms with van der Waals surface area (Å²) in [5.74, 6) is 1.39. The number of hydrogen-bond acceptors (Lipinski definition) is 11. The molecule has 0 radical (unpaired) electrons. The third kappa shape index (κ3) is 7.74. The molecule has 0 amide bonds. The van der Waals surface area contributed by atoms with E-state index < -0.39 is 49.4 Å². The number of hydrogen-bond donors (Lipinski definition) is 1. The molecule has 0 spiro atoms. The molecular weight excluding hydrogens is 711 g/mol. The Morgan fingerprint density at radius 1 is 0.926 bits per heavy atom. The Labute approximate surface area is 316 Å². The zero-order valence-electron chi connectivity index (χ0n) is 31.3. The van der Waals surface area contributed by atoms with Gasteiger partial charge in [-0.15, -0.1) is 0 Å². The number of benzene rings is 3. The van der Waals surface area contributed by atoms with E-state index in [0.717, 1.165) is 16.7 Å². The van der Waals surface area contributed by atoms with Crippen molar-refractivity contribution < 1.29 is 32.7 Å². The molecule has 1 N–H and O–H groups in total. The van der Waals surface area contributed by atoms with Gasteiger partial charge < -0.3 is 32.7 Å². The predicted molar refractivity (Wildman–Crippen MR) is 202 cm³/mol. The molecule has 3 heterocycles. The zero-order chi connectivity index (χ0) is 38.5. The summed E-state index contributed by atoms with van der Waals surface area (Å²) in [5.41, 5.74) is -0.890. The smallest absolute Gasteiger partial charge is 0.330 e. The number of rotatable bonds is 17. The van der Waals surface area contributed by atoms with Crippen LogP contribution in [0.1, 0.15) is 57.0 Å². The molecule has 1 aromatic heterocycles. The maximum absolute atomic E-state index is 13.3. The average molecular weight is 759 g/mol. The Hall–Kier alpha value is -4.38. The fraction of sp³-hybridized carbons (Fsp3) is 0.425. The molecule has 2 saturated heterocycles. The number of aromatic nitrogens is 2. The Bertz CT molecular complexity index is 1940. The van der Waals surface area contributed by atoms with Gasteiger partial charge in [0, 0.05) is 24.3 Å². The molecule has 0 saturated carbocycles. The Morgan fingerprint density at radius 3 is 2.02 bits per heavy atom. The Morgan fingerprint density at radius 2 is 1.52 bits per heavy atom. The molecule has 3 aromatic carbocycles. The largest absolute Gasteiger partial charge is 0.497 e. The maximum atomic E-state index is 13.3. The van der Waals surface area contributed by atoms with Crippen LogP contribution in [0.3, 0.4) is 0 Å². The number of aromatic amines is 1. The van der Waals surface area contributed by atoms with Gasteiger partial charge >= 0.3 is 5.69 Å². The first-order chi connectivity index (χ1) is 26.1. The van der Waals surface area contributed by atoms with Gasteiger partial charge in [0.25, 0.3) is 14.1 Å². The summed E-state index contributed by atoms with van der Waals surface area (Å²) < 4.78 is 48.0. The average Bonchev–Trinajstić information content (AvgIpc) is 3.36. The molecule has 4 aromatic rings. The molecule has 0 bridgehead atoms. The Balaban J connectivity index is 1.44. The lowest BCUT2D eigenvalue weighted by atomic mass is 9.79. The van der Waals surface area contributed by atoms with Gasteiger partial charge in [-0.25, -0.2) is 9.46 Å². The van der Waals surface area contributed by atoms with Crippen LogP contribution in [0, 0.1) is 11.3 Å². The first-order valence-corrected chi connectivity index (χ1v) is 19.0. The van der Waals surface area contributed by atoms with Crippen molar-refractivity contribution in [2.45, 2.75) is 75.8 Å². The van der Waals surface area contributed by atoms with Crippen LogP contribution in [0.15, 0.2) is 101 Å². The van der Waals surface area contributed by atoms with Crippen molar-refractivity contribution in [3.8, 4) is 17.6 Å². The minimum atomic E-state index is -1.77. The summed E-state index contributed by atoms with van der Waals surface area (Å²) in [4.78, 5) is 27.8. The normalized spacial score (nSPS) is 21.4. The minimum Gasteiger partial charge on any atom is -0.497 e. The highest BCUT2D eigenvalue weighted by atomic mass is 31.2. The van der Waals surface area contributed by atoms with Crippen LogP contribution in [0.25, 0.3) is 0 Å². The molecular formula is C40H47N4O9P. The lowest BCUT2D eigenvalue weighted by Gasteiger charge is -2.47. The van der Waals surface area contributed by atoms with Gasteiger partial charge in [-0.2, -0.15) is 5.26 Å². The first-order valence-electron chi connectivity index (χ1n) is 17.9. The molecule has 0 aliphatic carbocycles. The molecule has 2 aliphatic rings. The van der Waals surface area contributed by atoms with E-state index in [-0.39, 0.29) is 38.3 Å². The molecule has 13 nitrogen and oxygen atoms in total. The molecule has 1 unspecified atom stereocenters. The SMILES string of the molecule is COc1ccc(C(OC[C@]23CO[C@H]2[C@@H](OP(OCCC#N)N(C(C)C)C(C)C)[C@H](n2ccc(=O)[nH]c2=O)O3)(c2ccccc2)c2ccc(OC)cc2)cc1. The van der Waals surface area contributed by atoms with E-state index in [0.29, 0.717) is 11.5 Å². The van der Waals surface area contributed by atoms with Crippen LogP contribution in [0.5, 0.6) is 11.5 Å². The van der Waals surface area contributed by atoms with Gasteiger partial charge in [0.1, 0.15) is 34.9 Å². The summed E-state index contributed by atoms with van der Waals surface area (Å²) in [7, 11) is 1.47. The van der Waals surface area contributed by atoms with E-state index in [1.165, 1.54) is 16.8 Å². The molecule has 6 rings (SSSR count). The highest BCUT2D eigenvalue weighted by molar-refractivity contribution is 7.44. The lowest BCUT2D eigenvalue weighted by Crippen LogP contribution is -2.62. The number of nitrogens with zero attached hydrogens (tertiary/aromatic N) is 3. The number of nitriles is 1. The monoisotopic (exact) mass is 758 g/mol. The number of methoxy groups -OCH3 is 2. The second-order valence-electron chi connectivity index (χ2n) is 13.7. The predicted octanol–water partition coefficient (Wildman–Crippen LogP) is 5.89. The molecule has 54 heavy (non-hydrogen) atoms. The van der Waals surface area contributed by atoms with Crippen molar-refractivity contribution >= 4 is 8.53 Å². The van der Waals surface area contributed by atoms with Crippen molar-refractivity contribution in [1.29, 1.82) is 5.26 Å². The van der Waals surface area contributed by atoms with E-state index in [4.69, 9.17) is 32.7 Å².